The third-order valence-corrected chi connectivity index (χ3v) is 2.74. The molecule has 1 atom stereocenters. The number of nitrogens with one attached hydrogen (secondary N) is 1. The van der Waals surface area contributed by atoms with Crippen LogP contribution in [0.5, 0.6) is 0 Å². The van der Waals surface area contributed by atoms with Crippen LogP contribution in [0.1, 0.15) is 18.5 Å². The van der Waals surface area contributed by atoms with Crippen molar-refractivity contribution in [3.63, 3.8) is 0 Å². The van der Waals surface area contributed by atoms with Gasteiger partial charge in [-0.25, -0.2) is 4.39 Å². The first-order valence-electron chi connectivity index (χ1n) is 4.34. The van der Waals surface area contributed by atoms with Crippen molar-refractivity contribution >= 4 is 15.9 Å². The van der Waals surface area contributed by atoms with Crippen molar-refractivity contribution in [1.29, 1.82) is 0 Å². The molecular weight excluding hydrogens is 245 g/mol. The van der Waals surface area contributed by atoms with E-state index in [2.05, 4.69) is 27.8 Å². The molecule has 0 aliphatic carbocycles. The molecule has 0 radical (unpaired) electrons. The minimum Gasteiger partial charge on any atom is -0.310 e. The van der Waals surface area contributed by atoms with Crippen LogP contribution in [-0.2, 0) is 0 Å². The molecule has 0 amide bonds. The molecule has 0 saturated carbocycles. The third-order valence-electron chi connectivity index (χ3n) is 2.05. The first-order valence-corrected chi connectivity index (χ1v) is 5.13. The highest BCUT2D eigenvalue weighted by Gasteiger charge is 2.13. The summed E-state index contributed by atoms with van der Waals surface area (Å²) in [5, 5.41) is 3.13. The Balaban J connectivity index is 3.10. The smallest absolute Gasteiger partial charge is 0.124 e. The van der Waals surface area contributed by atoms with Crippen molar-refractivity contribution in [2.75, 3.05) is 7.05 Å². The largest absolute Gasteiger partial charge is 0.310 e. The van der Waals surface area contributed by atoms with Crippen molar-refractivity contribution in [3.05, 3.63) is 46.2 Å². The summed E-state index contributed by atoms with van der Waals surface area (Å²) >= 11 is 3.34. The van der Waals surface area contributed by atoms with Crippen LogP contribution in [0.15, 0.2) is 34.8 Å². The van der Waals surface area contributed by atoms with Crippen LogP contribution in [0.2, 0.25) is 0 Å². The Bertz CT molecular complexity index is 349. The predicted molar refractivity (Wildman–Crippen MR) is 60.7 cm³/mol. The molecule has 0 heterocycles. The second-order valence-corrected chi connectivity index (χ2v) is 4.09. The van der Waals surface area contributed by atoms with Crippen LogP contribution < -0.4 is 5.32 Å². The molecule has 0 aliphatic heterocycles. The Hall–Kier alpha value is -0.670. The van der Waals surface area contributed by atoms with Crippen LogP contribution in [-0.4, -0.2) is 7.05 Å². The van der Waals surface area contributed by atoms with Crippen LogP contribution in [0.3, 0.4) is 0 Å². The van der Waals surface area contributed by atoms with E-state index in [1.165, 1.54) is 12.1 Å². The minimum absolute atomic E-state index is 0.0602. The minimum atomic E-state index is -0.239. The predicted octanol–water partition coefficient (Wildman–Crippen LogP) is 3.42. The number of hydrogen-bond donors (Lipinski definition) is 1. The van der Waals surface area contributed by atoms with E-state index >= 15 is 0 Å². The van der Waals surface area contributed by atoms with Gasteiger partial charge < -0.3 is 5.32 Å². The van der Waals surface area contributed by atoms with Crippen LogP contribution >= 0.6 is 15.9 Å². The fourth-order valence-corrected chi connectivity index (χ4v) is 1.98. The molecule has 0 saturated heterocycles. The number of halogens is 2. The zero-order valence-corrected chi connectivity index (χ0v) is 9.86. The van der Waals surface area contributed by atoms with Crippen LogP contribution in [0.4, 0.5) is 4.39 Å². The van der Waals surface area contributed by atoms with Crippen molar-refractivity contribution in [1.82, 2.24) is 5.32 Å². The van der Waals surface area contributed by atoms with Crippen molar-refractivity contribution in [2.45, 2.75) is 13.0 Å². The number of likely N-dealkylation sites (N-methyl/N-ethyl adjacent to an activating group) is 1. The molecule has 14 heavy (non-hydrogen) atoms. The maximum absolute atomic E-state index is 12.8. The van der Waals surface area contributed by atoms with Crippen LogP contribution in [0, 0.1) is 5.82 Å². The lowest BCUT2D eigenvalue weighted by atomic mass is 10.0. The fraction of sp³-hybridized carbons (Fsp3) is 0.273. The van der Waals surface area contributed by atoms with Crippen molar-refractivity contribution < 1.29 is 4.39 Å². The molecule has 1 aromatic carbocycles. The highest BCUT2D eigenvalue weighted by atomic mass is 79.9. The summed E-state index contributed by atoms with van der Waals surface area (Å²) in [4.78, 5) is 0. The molecule has 1 unspecified atom stereocenters. The number of rotatable bonds is 3. The molecular formula is C11H13BrFN. The van der Waals surface area contributed by atoms with E-state index in [0.717, 1.165) is 15.6 Å². The molecule has 3 heteroatoms. The van der Waals surface area contributed by atoms with Crippen LogP contribution in [0.25, 0.3) is 0 Å². The molecule has 0 bridgehead atoms. The molecule has 0 aromatic heterocycles. The molecule has 1 rings (SSSR count). The summed E-state index contributed by atoms with van der Waals surface area (Å²) in [5.41, 5.74) is 2.00. The van der Waals surface area contributed by atoms with E-state index in [9.17, 15) is 4.39 Å². The fourth-order valence-electron chi connectivity index (χ4n) is 1.40. The van der Waals surface area contributed by atoms with Gasteiger partial charge in [0.2, 0.25) is 0 Å². The molecule has 1 N–H and O–H groups in total. The average molecular weight is 258 g/mol. The summed E-state index contributed by atoms with van der Waals surface area (Å²) < 4.78 is 13.6. The average Bonchev–Trinajstić information content (AvgIpc) is 2.09. The second-order valence-electron chi connectivity index (χ2n) is 3.23. The molecule has 0 aliphatic rings. The van der Waals surface area contributed by atoms with E-state index in [0.29, 0.717) is 0 Å². The van der Waals surface area contributed by atoms with Gasteiger partial charge in [-0.2, -0.15) is 0 Å². The van der Waals surface area contributed by atoms with Gasteiger partial charge in [0, 0.05) is 4.47 Å². The first-order chi connectivity index (χ1) is 6.56. The Labute approximate surface area is 92.1 Å². The molecule has 1 aromatic rings. The van der Waals surface area contributed by atoms with Gasteiger partial charge in [0.25, 0.3) is 0 Å². The zero-order valence-electron chi connectivity index (χ0n) is 8.27. The topological polar surface area (TPSA) is 12.0 Å². The highest BCUT2D eigenvalue weighted by molar-refractivity contribution is 9.10. The Morgan fingerprint density at radius 2 is 2.21 bits per heavy atom. The van der Waals surface area contributed by atoms with Gasteiger partial charge in [-0.15, -0.1) is 0 Å². The lowest BCUT2D eigenvalue weighted by molar-refractivity contribution is 0.620. The van der Waals surface area contributed by atoms with Gasteiger partial charge in [-0.05, 0) is 31.7 Å². The monoisotopic (exact) mass is 257 g/mol. The molecule has 0 fully saturated rings. The van der Waals surface area contributed by atoms with Gasteiger partial charge in [-0.1, -0.05) is 34.1 Å². The third kappa shape index (κ3) is 2.42. The summed E-state index contributed by atoms with van der Waals surface area (Å²) in [7, 11) is 1.86. The standard InChI is InChI=1S/C11H13BrFN/c1-7(2)11(14-3)9-5-4-8(13)6-10(9)12/h4-6,11,14H,1H2,2-3H3. The van der Waals surface area contributed by atoms with Gasteiger partial charge in [0.05, 0.1) is 6.04 Å². The van der Waals surface area contributed by atoms with Gasteiger partial charge >= 0.3 is 0 Å². The van der Waals surface area contributed by atoms with E-state index in [1.807, 2.05) is 14.0 Å². The lowest BCUT2D eigenvalue weighted by Crippen LogP contribution is -2.17. The highest BCUT2D eigenvalue weighted by Crippen LogP contribution is 2.27. The Morgan fingerprint density at radius 3 is 2.64 bits per heavy atom. The molecule has 1 nitrogen and oxygen atoms in total. The van der Waals surface area contributed by atoms with Gasteiger partial charge in [-0.3, -0.25) is 0 Å². The maximum atomic E-state index is 12.8. The SMILES string of the molecule is C=C(C)C(NC)c1ccc(F)cc1Br. The Morgan fingerprint density at radius 1 is 1.57 bits per heavy atom. The van der Waals surface area contributed by atoms with Gasteiger partial charge in [0.15, 0.2) is 0 Å². The Kier molecular flexibility index (Phi) is 3.84. The normalized spacial score (nSPS) is 12.6. The first kappa shape index (κ1) is 11.4. The second kappa shape index (κ2) is 4.71. The molecule has 76 valence electrons. The summed E-state index contributed by atoms with van der Waals surface area (Å²) in [6.07, 6.45) is 0. The number of hydrogen-bond acceptors (Lipinski definition) is 1. The molecule has 0 spiro atoms. The van der Waals surface area contributed by atoms with Gasteiger partial charge in [0.1, 0.15) is 5.82 Å². The lowest BCUT2D eigenvalue weighted by Gasteiger charge is -2.18. The maximum Gasteiger partial charge on any atom is 0.124 e. The van der Waals surface area contributed by atoms with E-state index < -0.39 is 0 Å². The number of benzene rings is 1. The van der Waals surface area contributed by atoms with Crippen molar-refractivity contribution in [2.24, 2.45) is 0 Å². The van der Waals surface area contributed by atoms with E-state index in [-0.39, 0.29) is 11.9 Å². The summed E-state index contributed by atoms with van der Waals surface area (Å²) in [6.45, 7) is 5.83. The summed E-state index contributed by atoms with van der Waals surface area (Å²) in [5.74, 6) is -0.239. The zero-order chi connectivity index (χ0) is 10.7. The van der Waals surface area contributed by atoms with Crippen molar-refractivity contribution in [3.8, 4) is 0 Å². The summed E-state index contributed by atoms with van der Waals surface area (Å²) in [6, 6.07) is 4.73. The quantitative estimate of drug-likeness (QED) is 0.819. The van der Waals surface area contributed by atoms with E-state index in [4.69, 9.17) is 0 Å². The van der Waals surface area contributed by atoms with E-state index in [1.54, 1.807) is 6.07 Å².